The Bertz CT molecular complexity index is 961. The molecule has 190 valence electrons. The monoisotopic (exact) mass is 470 g/mol. The highest BCUT2D eigenvalue weighted by Crippen LogP contribution is 2.76. The SMILES string of the molecule is CC1(C)CC[C@]2(C(=O)O)CC[C@]3(C)[C@H](CC[C@@H]4[C@@]5(C)C=C(O)C(=O)C(C)(C)[C@@H]5CC[C@]43C)[C@H]2C1. The predicted octanol–water partition coefficient (Wildman–Crippen LogP) is 7.18. The van der Waals surface area contributed by atoms with E-state index in [1.807, 2.05) is 19.9 Å². The van der Waals surface area contributed by atoms with E-state index in [-0.39, 0.29) is 45.0 Å². The summed E-state index contributed by atoms with van der Waals surface area (Å²) in [7, 11) is 0. The second-order valence-corrected chi connectivity index (χ2v) is 15.0. The lowest BCUT2D eigenvalue weighted by Gasteiger charge is -2.72. The van der Waals surface area contributed by atoms with E-state index in [1.54, 1.807) is 0 Å². The van der Waals surface area contributed by atoms with Gasteiger partial charge in [0.1, 0.15) is 0 Å². The Hall–Kier alpha value is -1.32. The molecule has 34 heavy (non-hydrogen) atoms. The first-order chi connectivity index (χ1) is 15.6. The largest absolute Gasteiger partial charge is 0.505 e. The van der Waals surface area contributed by atoms with Gasteiger partial charge in [0, 0.05) is 5.41 Å². The fourth-order valence-corrected chi connectivity index (χ4v) is 10.9. The molecule has 0 saturated heterocycles. The standard InChI is InChI=1S/C30H46O4/c1-25(2)12-14-30(24(33)34)15-13-28(6)18(19(30)16-25)8-9-22-27(5)17-20(31)23(32)26(3,4)21(27)10-11-29(22,28)7/h17-19,21-22,31H,8-16H2,1-7H3,(H,33,34)/t18-,19-,21+,22-,27+,28-,29-,30+/m1/s1. The van der Waals surface area contributed by atoms with Gasteiger partial charge in [-0.3, -0.25) is 9.59 Å². The van der Waals surface area contributed by atoms with Crippen LogP contribution in [0.1, 0.15) is 106 Å². The number of Topliss-reactive ketones (excluding diaryl/α,β-unsaturated/α-hetero) is 1. The van der Waals surface area contributed by atoms with Crippen molar-refractivity contribution in [2.75, 3.05) is 0 Å². The number of aliphatic carboxylic acids is 1. The molecule has 0 radical (unpaired) electrons. The van der Waals surface area contributed by atoms with Gasteiger partial charge in [0.15, 0.2) is 5.76 Å². The summed E-state index contributed by atoms with van der Waals surface area (Å²) in [6.45, 7) is 16.0. The van der Waals surface area contributed by atoms with Gasteiger partial charge in [0.05, 0.1) is 5.41 Å². The molecule has 0 bridgehead atoms. The van der Waals surface area contributed by atoms with E-state index < -0.39 is 16.8 Å². The molecule has 5 aliphatic rings. The molecule has 5 rings (SSSR count). The van der Waals surface area contributed by atoms with E-state index in [2.05, 4.69) is 34.6 Å². The molecule has 5 aliphatic carbocycles. The Balaban J connectivity index is 1.59. The van der Waals surface area contributed by atoms with Gasteiger partial charge in [-0.2, -0.15) is 0 Å². The minimum absolute atomic E-state index is 0.0390. The number of rotatable bonds is 1. The number of hydrogen-bond donors (Lipinski definition) is 2. The summed E-state index contributed by atoms with van der Waals surface area (Å²) >= 11 is 0. The summed E-state index contributed by atoms with van der Waals surface area (Å²) < 4.78 is 0. The number of ketones is 1. The number of carboxylic acids is 1. The highest BCUT2D eigenvalue weighted by Gasteiger charge is 2.71. The number of allylic oxidation sites excluding steroid dienone is 2. The van der Waals surface area contributed by atoms with Gasteiger partial charge < -0.3 is 10.2 Å². The maximum Gasteiger partial charge on any atom is 0.309 e. The number of hydrogen-bond acceptors (Lipinski definition) is 3. The van der Waals surface area contributed by atoms with E-state index in [0.717, 1.165) is 57.8 Å². The van der Waals surface area contributed by atoms with Gasteiger partial charge in [-0.15, -0.1) is 0 Å². The topological polar surface area (TPSA) is 74.6 Å². The van der Waals surface area contributed by atoms with E-state index in [4.69, 9.17) is 0 Å². The molecule has 0 aromatic heterocycles. The fourth-order valence-electron chi connectivity index (χ4n) is 10.9. The lowest BCUT2D eigenvalue weighted by molar-refractivity contribution is -0.233. The minimum atomic E-state index is -0.557. The molecule has 4 nitrogen and oxygen atoms in total. The Labute approximate surface area is 206 Å². The zero-order valence-corrected chi connectivity index (χ0v) is 22.5. The molecule has 0 heterocycles. The Morgan fingerprint density at radius 1 is 0.824 bits per heavy atom. The molecule has 4 heteroatoms. The number of fused-ring (bicyclic) bond motifs is 7. The van der Waals surface area contributed by atoms with Crippen LogP contribution in [0.5, 0.6) is 0 Å². The molecular weight excluding hydrogens is 424 g/mol. The van der Waals surface area contributed by atoms with Gasteiger partial charge in [0.2, 0.25) is 5.78 Å². The molecule has 0 amide bonds. The van der Waals surface area contributed by atoms with E-state index in [0.29, 0.717) is 11.8 Å². The molecule has 8 atom stereocenters. The van der Waals surface area contributed by atoms with Crippen LogP contribution in [0.15, 0.2) is 11.8 Å². The smallest absolute Gasteiger partial charge is 0.309 e. The van der Waals surface area contributed by atoms with Crippen LogP contribution in [0.4, 0.5) is 0 Å². The third-order valence-corrected chi connectivity index (χ3v) is 13.0. The van der Waals surface area contributed by atoms with Crippen molar-refractivity contribution in [2.24, 2.45) is 56.2 Å². The zero-order valence-electron chi connectivity index (χ0n) is 22.5. The van der Waals surface area contributed by atoms with Crippen molar-refractivity contribution in [3.05, 3.63) is 11.8 Å². The van der Waals surface area contributed by atoms with E-state index in [1.165, 1.54) is 0 Å². The Morgan fingerprint density at radius 3 is 2.12 bits per heavy atom. The lowest BCUT2D eigenvalue weighted by atomic mass is 9.32. The highest BCUT2D eigenvalue weighted by atomic mass is 16.4. The predicted molar refractivity (Wildman–Crippen MR) is 133 cm³/mol. The van der Waals surface area contributed by atoms with Crippen LogP contribution in [0, 0.1) is 56.2 Å². The summed E-state index contributed by atoms with van der Waals surface area (Å²) in [6, 6.07) is 0. The number of aliphatic hydroxyl groups excluding tert-OH is 1. The number of carbonyl (C=O) groups is 2. The van der Waals surface area contributed by atoms with E-state index in [9.17, 15) is 19.8 Å². The van der Waals surface area contributed by atoms with Gasteiger partial charge in [0.25, 0.3) is 0 Å². The van der Waals surface area contributed by atoms with Gasteiger partial charge in [-0.05, 0) is 109 Å². The van der Waals surface area contributed by atoms with Crippen molar-refractivity contribution in [3.63, 3.8) is 0 Å². The molecule has 0 aliphatic heterocycles. The van der Waals surface area contributed by atoms with Crippen molar-refractivity contribution in [3.8, 4) is 0 Å². The molecule has 4 saturated carbocycles. The fraction of sp³-hybridized carbons (Fsp3) is 0.867. The molecular formula is C30H46O4. The second-order valence-electron chi connectivity index (χ2n) is 15.0. The van der Waals surface area contributed by atoms with Crippen LogP contribution in [-0.4, -0.2) is 22.0 Å². The first-order valence-electron chi connectivity index (χ1n) is 13.8. The summed E-state index contributed by atoms with van der Waals surface area (Å²) in [5.74, 6) is 0.590. The molecule has 4 fully saturated rings. The van der Waals surface area contributed by atoms with Crippen molar-refractivity contribution in [2.45, 2.75) is 106 Å². The third kappa shape index (κ3) is 2.78. The summed E-state index contributed by atoms with van der Waals surface area (Å²) in [5.41, 5.74) is -0.968. The number of aliphatic hydroxyl groups is 1. The van der Waals surface area contributed by atoms with Crippen molar-refractivity contribution in [1.29, 1.82) is 0 Å². The Kier molecular flexibility index (Phi) is 4.96. The maximum atomic E-state index is 12.9. The average Bonchev–Trinajstić information content (AvgIpc) is 2.72. The van der Waals surface area contributed by atoms with Crippen molar-refractivity contribution in [1.82, 2.24) is 0 Å². The number of carbonyl (C=O) groups excluding carboxylic acids is 1. The molecule has 0 aromatic rings. The quantitative estimate of drug-likeness (QED) is 0.425. The molecule has 0 spiro atoms. The Morgan fingerprint density at radius 2 is 1.47 bits per heavy atom. The first-order valence-corrected chi connectivity index (χ1v) is 13.8. The lowest BCUT2D eigenvalue weighted by Crippen LogP contribution is -2.67. The summed E-state index contributed by atoms with van der Waals surface area (Å²) in [5, 5.41) is 21.2. The zero-order chi connectivity index (χ0) is 25.1. The maximum absolute atomic E-state index is 12.9. The molecule has 0 aromatic carbocycles. The van der Waals surface area contributed by atoms with E-state index >= 15 is 0 Å². The van der Waals surface area contributed by atoms with Crippen LogP contribution < -0.4 is 0 Å². The summed E-state index contributed by atoms with van der Waals surface area (Å²) in [4.78, 5) is 25.7. The van der Waals surface area contributed by atoms with Crippen molar-refractivity contribution < 1.29 is 19.8 Å². The summed E-state index contributed by atoms with van der Waals surface area (Å²) in [6.07, 6.45) is 10.8. The van der Waals surface area contributed by atoms with Crippen LogP contribution in [0.3, 0.4) is 0 Å². The molecule has 2 N–H and O–H groups in total. The third-order valence-electron chi connectivity index (χ3n) is 13.0. The van der Waals surface area contributed by atoms with Crippen LogP contribution >= 0.6 is 0 Å². The normalized spacial score (nSPS) is 51.3. The van der Waals surface area contributed by atoms with Crippen LogP contribution in [0.2, 0.25) is 0 Å². The van der Waals surface area contributed by atoms with Gasteiger partial charge in [-0.1, -0.05) is 48.5 Å². The minimum Gasteiger partial charge on any atom is -0.505 e. The number of carboxylic acid groups (broad SMARTS) is 1. The first kappa shape index (κ1) is 24.4. The molecule has 0 unspecified atom stereocenters. The van der Waals surface area contributed by atoms with Crippen molar-refractivity contribution >= 4 is 11.8 Å². The van der Waals surface area contributed by atoms with Crippen LogP contribution in [0.25, 0.3) is 0 Å². The van der Waals surface area contributed by atoms with Gasteiger partial charge in [-0.25, -0.2) is 0 Å². The second kappa shape index (κ2) is 6.91. The highest BCUT2D eigenvalue weighted by molar-refractivity contribution is 5.98. The van der Waals surface area contributed by atoms with Gasteiger partial charge >= 0.3 is 5.97 Å². The average molecular weight is 471 g/mol. The van der Waals surface area contributed by atoms with Crippen LogP contribution in [-0.2, 0) is 9.59 Å².